The number of carbonyl (C=O) groups excluding carboxylic acids is 1. The van der Waals surface area contributed by atoms with Crippen LogP contribution < -0.4 is 4.74 Å². The summed E-state index contributed by atoms with van der Waals surface area (Å²) in [6.45, 7) is 1.39. The number of hydrogen-bond acceptors (Lipinski definition) is 3. The highest BCUT2D eigenvalue weighted by Crippen LogP contribution is 2.24. The van der Waals surface area contributed by atoms with Crippen molar-refractivity contribution in [2.75, 3.05) is 6.54 Å². The molecule has 92 valence electrons. The second-order valence-electron chi connectivity index (χ2n) is 4.22. The summed E-state index contributed by atoms with van der Waals surface area (Å²) in [6, 6.07) is 11.3. The van der Waals surface area contributed by atoms with Crippen molar-refractivity contribution < 1.29 is 9.53 Å². The molecule has 0 saturated carbocycles. The Hall–Kier alpha value is -1.81. The molecule has 0 N–H and O–H groups in total. The fourth-order valence-corrected chi connectivity index (χ4v) is 2.95. The molecule has 1 aromatic carbocycles. The van der Waals surface area contributed by atoms with Crippen LogP contribution in [0.3, 0.4) is 0 Å². The Morgan fingerprint density at radius 2 is 2.06 bits per heavy atom. The second kappa shape index (κ2) is 4.82. The number of hydrogen-bond donors (Lipinski definition) is 0. The normalized spacial score (nSPS) is 14.1. The van der Waals surface area contributed by atoms with Crippen LogP contribution in [0.2, 0.25) is 0 Å². The molecule has 0 unspecified atom stereocenters. The number of ether oxygens (including phenoxy) is 1. The number of fused-ring (bicyclic) bond motifs is 1. The predicted molar refractivity (Wildman–Crippen MR) is 70.9 cm³/mol. The Morgan fingerprint density at radius 3 is 2.89 bits per heavy atom. The van der Waals surface area contributed by atoms with E-state index in [1.165, 1.54) is 10.4 Å². The second-order valence-corrected chi connectivity index (χ2v) is 5.22. The minimum atomic E-state index is -0.266. The fraction of sp³-hybridized carbons (Fsp3) is 0.214. The van der Waals surface area contributed by atoms with Gasteiger partial charge < -0.3 is 9.64 Å². The topological polar surface area (TPSA) is 29.5 Å². The van der Waals surface area contributed by atoms with Crippen molar-refractivity contribution >= 4 is 17.4 Å². The molecule has 0 aliphatic carbocycles. The first-order valence-electron chi connectivity index (χ1n) is 5.90. The summed E-state index contributed by atoms with van der Waals surface area (Å²) >= 11 is 1.76. The van der Waals surface area contributed by atoms with Crippen molar-refractivity contribution in [2.45, 2.75) is 13.0 Å². The molecule has 0 fully saturated rings. The summed E-state index contributed by atoms with van der Waals surface area (Å²) in [5.41, 5.74) is 1.25. The van der Waals surface area contributed by atoms with Gasteiger partial charge in [0.2, 0.25) is 0 Å². The Morgan fingerprint density at radius 1 is 1.22 bits per heavy atom. The first-order valence-corrected chi connectivity index (χ1v) is 6.78. The largest absolute Gasteiger partial charge is 0.415 e. The zero-order valence-electron chi connectivity index (χ0n) is 9.83. The lowest BCUT2D eigenvalue weighted by Crippen LogP contribution is -2.37. The summed E-state index contributed by atoms with van der Waals surface area (Å²) in [7, 11) is 0. The third kappa shape index (κ3) is 2.24. The first kappa shape index (κ1) is 11.3. The highest BCUT2D eigenvalue weighted by molar-refractivity contribution is 7.10. The molecule has 0 radical (unpaired) electrons. The van der Waals surface area contributed by atoms with E-state index < -0.39 is 0 Å². The molecule has 3 rings (SSSR count). The van der Waals surface area contributed by atoms with Gasteiger partial charge in [-0.15, -0.1) is 11.3 Å². The lowest BCUT2D eigenvalue weighted by atomic mass is 10.1. The summed E-state index contributed by atoms with van der Waals surface area (Å²) in [6.07, 6.45) is 0.662. The molecular formula is C14H13NO2S. The lowest BCUT2D eigenvalue weighted by molar-refractivity contribution is 0.147. The van der Waals surface area contributed by atoms with Gasteiger partial charge >= 0.3 is 6.09 Å². The average molecular weight is 259 g/mol. The van der Waals surface area contributed by atoms with Crippen molar-refractivity contribution in [1.82, 2.24) is 4.90 Å². The maximum atomic E-state index is 12.0. The summed E-state index contributed by atoms with van der Waals surface area (Å²) in [5, 5.41) is 2.08. The molecule has 0 atom stereocenters. The van der Waals surface area contributed by atoms with E-state index >= 15 is 0 Å². The molecule has 2 aromatic rings. The van der Waals surface area contributed by atoms with Gasteiger partial charge in [-0.25, -0.2) is 4.79 Å². The molecule has 1 amide bonds. The molecule has 0 spiro atoms. The number of rotatable bonds is 1. The SMILES string of the molecule is O=C(Oc1ccccc1)N1CCc2sccc2C1. The molecule has 1 aliphatic heterocycles. The van der Waals surface area contributed by atoms with E-state index in [1.54, 1.807) is 28.4 Å². The van der Waals surface area contributed by atoms with Gasteiger partial charge in [-0.05, 0) is 35.6 Å². The highest BCUT2D eigenvalue weighted by Gasteiger charge is 2.22. The molecular weight excluding hydrogens is 246 g/mol. The molecule has 2 heterocycles. The van der Waals surface area contributed by atoms with Crippen molar-refractivity contribution in [3.05, 3.63) is 52.2 Å². The molecule has 0 saturated heterocycles. The van der Waals surface area contributed by atoms with Gasteiger partial charge in [0, 0.05) is 11.4 Å². The lowest BCUT2D eigenvalue weighted by Gasteiger charge is -2.26. The number of carbonyl (C=O) groups is 1. The van der Waals surface area contributed by atoms with Crippen LogP contribution in [0.1, 0.15) is 10.4 Å². The number of nitrogens with zero attached hydrogens (tertiary/aromatic N) is 1. The molecule has 1 aromatic heterocycles. The van der Waals surface area contributed by atoms with Crippen LogP contribution in [-0.4, -0.2) is 17.5 Å². The van der Waals surface area contributed by atoms with Crippen molar-refractivity contribution in [3.8, 4) is 5.75 Å². The number of thiophene rings is 1. The Labute approximate surface area is 110 Å². The molecule has 1 aliphatic rings. The third-order valence-electron chi connectivity index (χ3n) is 3.01. The van der Waals surface area contributed by atoms with Gasteiger partial charge in [-0.3, -0.25) is 0 Å². The molecule has 0 bridgehead atoms. The third-order valence-corrected chi connectivity index (χ3v) is 4.04. The number of para-hydroxylation sites is 1. The van der Waals surface area contributed by atoms with Crippen LogP contribution in [-0.2, 0) is 13.0 Å². The Kier molecular flexibility index (Phi) is 3.02. The quantitative estimate of drug-likeness (QED) is 0.786. The summed E-state index contributed by atoms with van der Waals surface area (Å²) < 4.78 is 5.34. The zero-order valence-corrected chi connectivity index (χ0v) is 10.7. The fourth-order valence-electron chi connectivity index (χ4n) is 2.06. The summed E-state index contributed by atoms with van der Waals surface area (Å²) in [4.78, 5) is 15.1. The average Bonchev–Trinajstić information content (AvgIpc) is 2.87. The summed E-state index contributed by atoms with van der Waals surface area (Å²) in [5.74, 6) is 0.596. The molecule has 4 heteroatoms. The van der Waals surface area contributed by atoms with Gasteiger partial charge in [-0.2, -0.15) is 0 Å². The highest BCUT2D eigenvalue weighted by atomic mass is 32.1. The number of amides is 1. The van der Waals surface area contributed by atoms with E-state index in [1.807, 2.05) is 18.2 Å². The van der Waals surface area contributed by atoms with Crippen molar-refractivity contribution in [1.29, 1.82) is 0 Å². The van der Waals surface area contributed by atoms with Crippen molar-refractivity contribution in [2.24, 2.45) is 0 Å². The van der Waals surface area contributed by atoms with Crippen molar-refractivity contribution in [3.63, 3.8) is 0 Å². The van der Waals surface area contributed by atoms with Crippen LogP contribution in [0.5, 0.6) is 5.75 Å². The zero-order chi connectivity index (χ0) is 12.4. The number of benzene rings is 1. The van der Waals surface area contributed by atoms with E-state index in [4.69, 9.17) is 4.74 Å². The van der Waals surface area contributed by atoms with Gasteiger partial charge in [0.25, 0.3) is 0 Å². The van der Waals surface area contributed by atoms with E-state index in [0.29, 0.717) is 12.3 Å². The predicted octanol–water partition coefficient (Wildman–Crippen LogP) is 3.31. The van der Waals surface area contributed by atoms with E-state index in [-0.39, 0.29) is 6.09 Å². The van der Waals surface area contributed by atoms with Crippen LogP contribution in [0, 0.1) is 0 Å². The molecule has 18 heavy (non-hydrogen) atoms. The maximum absolute atomic E-state index is 12.0. The minimum absolute atomic E-state index is 0.266. The Bertz CT molecular complexity index is 550. The van der Waals surface area contributed by atoms with Gasteiger partial charge in [-0.1, -0.05) is 18.2 Å². The van der Waals surface area contributed by atoms with Gasteiger partial charge in [0.1, 0.15) is 5.75 Å². The van der Waals surface area contributed by atoms with Crippen LogP contribution in [0.15, 0.2) is 41.8 Å². The molecule has 3 nitrogen and oxygen atoms in total. The van der Waals surface area contributed by atoms with E-state index in [2.05, 4.69) is 11.4 Å². The smallest absolute Gasteiger partial charge is 0.410 e. The van der Waals surface area contributed by atoms with Crippen LogP contribution >= 0.6 is 11.3 Å². The standard InChI is InChI=1S/C14H13NO2S/c16-14(17-12-4-2-1-3-5-12)15-8-6-13-11(10-15)7-9-18-13/h1-5,7,9H,6,8,10H2. The Balaban J connectivity index is 1.68. The van der Waals surface area contributed by atoms with Crippen LogP contribution in [0.25, 0.3) is 0 Å². The van der Waals surface area contributed by atoms with Crippen LogP contribution in [0.4, 0.5) is 4.79 Å². The first-order chi connectivity index (χ1) is 8.83. The minimum Gasteiger partial charge on any atom is -0.410 e. The maximum Gasteiger partial charge on any atom is 0.415 e. The van der Waals surface area contributed by atoms with E-state index in [9.17, 15) is 4.79 Å². The monoisotopic (exact) mass is 259 g/mol. The van der Waals surface area contributed by atoms with E-state index in [0.717, 1.165) is 13.0 Å². The van der Waals surface area contributed by atoms with Gasteiger partial charge in [0.05, 0.1) is 6.54 Å². The van der Waals surface area contributed by atoms with Gasteiger partial charge in [0.15, 0.2) is 0 Å².